The highest BCUT2D eigenvalue weighted by atomic mass is 16.5. The summed E-state index contributed by atoms with van der Waals surface area (Å²) < 4.78 is 4.90. The van der Waals surface area contributed by atoms with Gasteiger partial charge >= 0.3 is 0 Å². The summed E-state index contributed by atoms with van der Waals surface area (Å²) in [4.78, 5) is 8.17. The van der Waals surface area contributed by atoms with E-state index in [-0.39, 0.29) is 0 Å². The molecule has 1 aromatic heterocycles. The quantitative estimate of drug-likeness (QED) is 0.373. The molecule has 0 bridgehead atoms. The first-order valence-corrected chi connectivity index (χ1v) is 4.87. The van der Waals surface area contributed by atoms with Gasteiger partial charge in [0.25, 0.3) is 0 Å². The number of nitrogens with zero attached hydrogens (tertiary/aromatic N) is 4. The van der Waals surface area contributed by atoms with Gasteiger partial charge in [-0.25, -0.2) is 4.99 Å². The number of aryl methyl sites for hydroxylation is 1. The van der Waals surface area contributed by atoms with E-state index in [0.29, 0.717) is 17.4 Å². The van der Waals surface area contributed by atoms with Crippen LogP contribution in [0.1, 0.15) is 5.89 Å². The Bertz CT molecular complexity index is 582. The van der Waals surface area contributed by atoms with E-state index in [4.69, 9.17) is 9.78 Å². The Morgan fingerprint density at radius 1 is 1.53 bits per heavy atom. The average Bonchev–Trinajstić information content (AvgIpc) is 2.77. The lowest BCUT2D eigenvalue weighted by atomic mass is 10.2. The lowest BCUT2D eigenvalue weighted by Gasteiger charge is -1.96. The van der Waals surface area contributed by atoms with Crippen LogP contribution in [0, 0.1) is 18.4 Å². The van der Waals surface area contributed by atoms with Crippen molar-refractivity contribution in [3.05, 3.63) is 30.2 Å². The van der Waals surface area contributed by atoms with Crippen LogP contribution in [-0.2, 0) is 0 Å². The van der Waals surface area contributed by atoms with Gasteiger partial charge in [0.05, 0.1) is 5.69 Å². The largest absolute Gasteiger partial charge is 0.339 e. The van der Waals surface area contributed by atoms with Crippen LogP contribution in [-0.4, -0.2) is 16.5 Å². The van der Waals surface area contributed by atoms with Crippen molar-refractivity contribution < 1.29 is 4.52 Å². The van der Waals surface area contributed by atoms with Crippen molar-refractivity contribution in [1.82, 2.24) is 15.5 Å². The number of rotatable bonds is 3. The number of benzene rings is 1. The van der Waals surface area contributed by atoms with Crippen LogP contribution in [0.15, 0.2) is 33.8 Å². The number of nitrogens with one attached hydrogen (secondary N) is 1. The van der Waals surface area contributed by atoms with Crippen molar-refractivity contribution in [3.8, 4) is 17.6 Å². The molecule has 2 aromatic rings. The lowest BCUT2D eigenvalue weighted by Crippen LogP contribution is -1.98. The fourth-order valence-electron chi connectivity index (χ4n) is 1.28. The summed E-state index contributed by atoms with van der Waals surface area (Å²) in [7, 11) is 0. The smallest absolute Gasteiger partial charge is 0.223 e. The van der Waals surface area contributed by atoms with E-state index in [9.17, 15) is 0 Å². The Kier molecular flexibility index (Phi) is 3.12. The Morgan fingerprint density at radius 3 is 3.12 bits per heavy atom. The van der Waals surface area contributed by atoms with Crippen molar-refractivity contribution >= 4 is 12.0 Å². The molecule has 0 radical (unpaired) electrons. The van der Waals surface area contributed by atoms with E-state index < -0.39 is 0 Å². The monoisotopic (exact) mass is 227 g/mol. The van der Waals surface area contributed by atoms with Gasteiger partial charge in [-0.3, -0.25) is 5.32 Å². The van der Waals surface area contributed by atoms with E-state index in [1.165, 1.54) is 6.34 Å². The van der Waals surface area contributed by atoms with Gasteiger partial charge in [-0.1, -0.05) is 17.3 Å². The van der Waals surface area contributed by atoms with Gasteiger partial charge in [-0.15, -0.1) is 0 Å². The maximum absolute atomic E-state index is 8.29. The van der Waals surface area contributed by atoms with Crippen LogP contribution < -0.4 is 5.32 Å². The molecule has 1 aromatic carbocycles. The molecule has 0 saturated carbocycles. The van der Waals surface area contributed by atoms with Crippen LogP contribution in [0.25, 0.3) is 11.4 Å². The molecule has 2 rings (SSSR count). The van der Waals surface area contributed by atoms with E-state index in [1.807, 2.05) is 18.2 Å². The average molecular weight is 227 g/mol. The maximum Gasteiger partial charge on any atom is 0.223 e. The van der Waals surface area contributed by atoms with Gasteiger partial charge in [0.2, 0.25) is 11.7 Å². The molecule has 0 unspecified atom stereocenters. The van der Waals surface area contributed by atoms with Gasteiger partial charge < -0.3 is 4.52 Å². The SMILES string of the molecule is Cc1nc(-c2cccc(N=CNC#N)c2)no1. The second-order valence-electron chi connectivity index (χ2n) is 3.20. The molecule has 1 N–H and O–H groups in total. The number of nitriles is 1. The molecular formula is C11H9N5O. The third-order valence-corrected chi connectivity index (χ3v) is 1.97. The van der Waals surface area contributed by atoms with E-state index in [1.54, 1.807) is 19.2 Å². The minimum absolute atomic E-state index is 0.514. The molecule has 0 spiro atoms. The molecule has 17 heavy (non-hydrogen) atoms. The zero-order chi connectivity index (χ0) is 12.1. The third kappa shape index (κ3) is 2.66. The summed E-state index contributed by atoms with van der Waals surface area (Å²) in [5, 5.41) is 14.4. The van der Waals surface area contributed by atoms with Crippen molar-refractivity contribution in [1.29, 1.82) is 5.26 Å². The van der Waals surface area contributed by atoms with Crippen LogP contribution >= 0.6 is 0 Å². The fourth-order valence-corrected chi connectivity index (χ4v) is 1.28. The molecule has 0 saturated heterocycles. The van der Waals surface area contributed by atoms with E-state index in [2.05, 4.69) is 20.4 Å². The second kappa shape index (κ2) is 4.90. The predicted octanol–water partition coefficient (Wildman–Crippen LogP) is 1.78. The molecule has 6 heteroatoms. The topological polar surface area (TPSA) is 87.1 Å². The van der Waals surface area contributed by atoms with Crippen molar-refractivity contribution in [2.75, 3.05) is 0 Å². The van der Waals surface area contributed by atoms with Gasteiger partial charge in [-0.2, -0.15) is 10.2 Å². The zero-order valence-corrected chi connectivity index (χ0v) is 9.08. The Morgan fingerprint density at radius 2 is 2.41 bits per heavy atom. The molecule has 1 heterocycles. The molecule has 0 aliphatic carbocycles. The molecule has 0 aliphatic heterocycles. The molecular weight excluding hydrogens is 218 g/mol. The van der Waals surface area contributed by atoms with Gasteiger partial charge in [0, 0.05) is 12.5 Å². The summed E-state index contributed by atoms with van der Waals surface area (Å²) in [5.74, 6) is 1.04. The highest BCUT2D eigenvalue weighted by molar-refractivity contribution is 5.66. The summed E-state index contributed by atoms with van der Waals surface area (Å²) in [5.41, 5.74) is 1.51. The number of aromatic nitrogens is 2. The Labute approximate surface area is 97.6 Å². The third-order valence-electron chi connectivity index (χ3n) is 1.97. The van der Waals surface area contributed by atoms with Gasteiger partial charge in [0.1, 0.15) is 6.34 Å². The molecule has 0 aliphatic rings. The minimum atomic E-state index is 0.514. The van der Waals surface area contributed by atoms with Crippen LogP contribution in [0.2, 0.25) is 0 Å². The van der Waals surface area contributed by atoms with Crippen LogP contribution in [0.4, 0.5) is 5.69 Å². The first-order chi connectivity index (χ1) is 8.29. The Hall–Kier alpha value is -2.68. The van der Waals surface area contributed by atoms with Crippen molar-refractivity contribution in [2.24, 2.45) is 4.99 Å². The summed E-state index contributed by atoms with van der Waals surface area (Å²) in [6.07, 6.45) is 3.07. The second-order valence-corrected chi connectivity index (χ2v) is 3.20. The number of hydrogen-bond donors (Lipinski definition) is 1. The van der Waals surface area contributed by atoms with E-state index in [0.717, 1.165) is 5.56 Å². The number of hydrogen-bond acceptors (Lipinski definition) is 5. The minimum Gasteiger partial charge on any atom is -0.339 e. The maximum atomic E-state index is 8.29. The van der Waals surface area contributed by atoms with Gasteiger partial charge in [-0.05, 0) is 12.1 Å². The standard InChI is InChI=1S/C11H9N5O/c1-8-15-11(16-17-8)9-3-2-4-10(5-9)14-7-13-6-12/h2-5,7H,1H3,(H,13,14). The zero-order valence-electron chi connectivity index (χ0n) is 9.08. The summed E-state index contributed by atoms with van der Waals surface area (Å²) in [6.45, 7) is 1.73. The number of aliphatic imine (C=N–C) groups is 1. The molecule has 0 fully saturated rings. The van der Waals surface area contributed by atoms with Gasteiger partial charge in [0.15, 0.2) is 6.19 Å². The normalized spacial score (nSPS) is 10.4. The highest BCUT2D eigenvalue weighted by Gasteiger charge is 2.05. The van der Waals surface area contributed by atoms with Crippen LogP contribution in [0.5, 0.6) is 0 Å². The Balaban J connectivity index is 2.26. The summed E-state index contributed by atoms with van der Waals surface area (Å²) in [6, 6.07) is 7.31. The van der Waals surface area contributed by atoms with Crippen LogP contribution in [0.3, 0.4) is 0 Å². The predicted molar refractivity (Wildman–Crippen MR) is 61.4 cm³/mol. The highest BCUT2D eigenvalue weighted by Crippen LogP contribution is 2.21. The van der Waals surface area contributed by atoms with E-state index >= 15 is 0 Å². The molecule has 84 valence electrons. The first kappa shape index (κ1) is 10.8. The van der Waals surface area contributed by atoms with Crippen molar-refractivity contribution in [3.63, 3.8) is 0 Å². The first-order valence-electron chi connectivity index (χ1n) is 4.87. The fraction of sp³-hybridized carbons (Fsp3) is 0.0909. The molecule has 0 amide bonds. The summed E-state index contributed by atoms with van der Waals surface area (Å²) >= 11 is 0. The molecule has 0 atom stereocenters. The molecule has 6 nitrogen and oxygen atoms in total. The lowest BCUT2D eigenvalue weighted by molar-refractivity contribution is 0.394. The van der Waals surface area contributed by atoms with Crippen molar-refractivity contribution in [2.45, 2.75) is 6.92 Å².